The van der Waals surface area contributed by atoms with Crippen LogP contribution in [0.15, 0.2) is 23.8 Å². The molecule has 5 nitrogen and oxygen atoms in total. The summed E-state index contributed by atoms with van der Waals surface area (Å²) in [6.45, 7) is 4.22. The second kappa shape index (κ2) is 9.48. The number of carbonyl (C=O) groups is 1. The lowest BCUT2D eigenvalue weighted by Crippen LogP contribution is -2.15. The van der Waals surface area contributed by atoms with E-state index in [0.717, 1.165) is 6.21 Å². The van der Waals surface area contributed by atoms with Crippen LogP contribution in [-0.2, 0) is 4.79 Å². The van der Waals surface area contributed by atoms with Gasteiger partial charge in [0.2, 0.25) is 0 Å². The van der Waals surface area contributed by atoms with Crippen molar-refractivity contribution in [2.45, 2.75) is 19.9 Å². The number of benzene rings is 1. The van der Waals surface area contributed by atoms with Crippen molar-refractivity contribution >= 4 is 24.3 Å². The van der Waals surface area contributed by atoms with E-state index in [1.54, 1.807) is 24.3 Å². The largest absolute Gasteiger partial charge is 0.398 e. The zero-order valence-electron chi connectivity index (χ0n) is 12.0. The maximum atomic E-state index is 10.4. The van der Waals surface area contributed by atoms with E-state index in [0.29, 0.717) is 29.1 Å². The van der Waals surface area contributed by atoms with Crippen LogP contribution < -0.4 is 11.1 Å². The molecule has 1 aromatic rings. The van der Waals surface area contributed by atoms with Crippen molar-refractivity contribution in [2.24, 2.45) is 0 Å². The second-order valence-electron chi connectivity index (χ2n) is 4.31. The lowest BCUT2D eigenvalue weighted by atomic mass is 10.1. The Morgan fingerprint density at radius 1 is 1.50 bits per heavy atom. The molecule has 0 atom stereocenters. The molecule has 0 aliphatic carbocycles. The molecule has 0 heterocycles. The smallest absolute Gasteiger partial charge is 0.160 e. The molecule has 0 aliphatic rings. The zero-order chi connectivity index (χ0) is 15.5. The summed E-state index contributed by atoms with van der Waals surface area (Å²) in [5.41, 5.74) is 7.40. The zero-order valence-corrected chi connectivity index (χ0v) is 12.0. The first-order valence-electron chi connectivity index (χ1n) is 6.12. The molecule has 0 radical (unpaired) electrons. The third kappa shape index (κ3) is 6.47. The van der Waals surface area contributed by atoms with E-state index >= 15 is 0 Å². The first-order chi connectivity index (χ1) is 9.48. The summed E-state index contributed by atoms with van der Waals surface area (Å²) in [5, 5.41) is 18.6. The van der Waals surface area contributed by atoms with Crippen molar-refractivity contribution in [3.05, 3.63) is 34.9 Å². The van der Waals surface area contributed by atoms with Gasteiger partial charge in [-0.3, -0.25) is 4.79 Å². The fourth-order valence-corrected chi connectivity index (χ4v) is 1.09. The molecule has 0 unspecified atom stereocenters. The van der Waals surface area contributed by atoms with Crippen LogP contribution in [0.25, 0.3) is 6.08 Å². The fraction of sp³-hybridized carbons (Fsp3) is 0.267. The predicted octanol–water partition coefficient (Wildman–Crippen LogP) is 1.99. The monoisotopic (exact) mass is 272 g/mol. The van der Waals surface area contributed by atoms with Gasteiger partial charge < -0.3 is 16.5 Å². The van der Waals surface area contributed by atoms with E-state index in [4.69, 9.17) is 16.4 Å². The summed E-state index contributed by atoms with van der Waals surface area (Å²) in [4.78, 5) is 10.4. The minimum absolute atomic E-state index is 0.0389. The van der Waals surface area contributed by atoms with Crippen LogP contribution in [-0.4, -0.2) is 25.6 Å². The highest BCUT2D eigenvalue weighted by Gasteiger charge is 1.98. The molecule has 0 amide bonds. The van der Waals surface area contributed by atoms with Gasteiger partial charge in [-0.05, 0) is 24.8 Å². The molecular formula is C15H20N4O. The highest BCUT2D eigenvalue weighted by molar-refractivity contribution is 5.89. The molecule has 0 fully saturated rings. The van der Waals surface area contributed by atoms with Crippen molar-refractivity contribution in [3.63, 3.8) is 0 Å². The van der Waals surface area contributed by atoms with E-state index in [2.05, 4.69) is 19.2 Å². The molecule has 0 saturated carbocycles. The normalized spacial score (nSPS) is 10.2. The second-order valence-corrected chi connectivity index (χ2v) is 4.31. The van der Waals surface area contributed by atoms with Gasteiger partial charge in [-0.15, -0.1) is 0 Å². The van der Waals surface area contributed by atoms with Crippen molar-refractivity contribution in [3.8, 4) is 6.07 Å². The molecule has 4 N–H and O–H groups in total. The number of aldehydes is 1. The first kappa shape index (κ1) is 17.6. The number of hydrogen-bond donors (Lipinski definition) is 3. The highest BCUT2D eigenvalue weighted by atomic mass is 16.1. The van der Waals surface area contributed by atoms with Crippen LogP contribution in [0.2, 0.25) is 0 Å². The summed E-state index contributed by atoms with van der Waals surface area (Å²) < 4.78 is 0. The Balaban J connectivity index is 0.000000621. The van der Waals surface area contributed by atoms with Gasteiger partial charge in [0.15, 0.2) is 6.29 Å². The van der Waals surface area contributed by atoms with Crippen molar-refractivity contribution in [1.82, 2.24) is 5.32 Å². The van der Waals surface area contributed by atoms with Gasteiger partial charge in [0.25, 0.3) is 0 Å². The van der Waals surface area contributed by atoms with Gasteiger partial charge in [-0.1, -0.05) is 26.0 Å². The van der Waals surface area contributed by atoms with Gasteiger partial charge in [0, 0.05) is 23.5 Å². The van der Waals surface area contributed by atoms with Crippen molar-refractivity contribution < 1.29 is 4.79 Å². The van der Waals surface area contributed by atoms with Gasteiger partial charge in [-0.25, -0.2) is 0 Å². The number of rotatable bonds is 4. The molecule has 0 saturated heterocycles. The SMILES string of the molecule is CNC(C)C.N#C/C(C=O)=C\c1ccc(C=N)c(N)c1. The number of nitriles is 1. The summed E-state index contributed by atoms with van der Waals surface area (Å²) in [6, 6.07) is 7.35. The van der Waals surface area contributed by atoms with Crippen LogP contribution in [0.4, 0.5) is 5.69 Å². The summed E-state index contributed by atoms with van der Waals surface area (Å²) in [7, 11) is 1.95. The molecular weight excluding hydrogens is 252 g/mol. The quantitative estimate of drug-likeness (QED) is 0.256. The maximum Gasteiger partial charge on any atom is 0.160 e. The summed E-state index contributed by atoms with van der Waals surface area (Å²) in [5.74, 6) is 0. The Morgan fingerprint density at radius 3 is 2.45 bits per heavy atom. The van der Waals surface area contributed by atoms with Gasteiger partial charge in [-0.2, -0.15) is 5.26 Å². The molecule has 20 heavy (non-hydrogen) atoms. The standard InChI is InChI=1S/C11H9N3O.C4H11N/c12-5-9(7-15)3-8-1-2-10(6-13)11(14)4-8;1-4(2)5-3/h1-4,6-7,13H,14H2;4-5H,1-3H3/b9-3+,13-6?;. The number of carbonyl (C=O) groups excluding carboxylic acids is 1. The van der Waals surface area contributed by atoms with Crippen LogP contribution in [0.3, 0.4) is 0 Å². The Hall–Kier alpha value is -2.45. The van der Waals surface area contributed by atoms with E-state index < -0.39 is 0 Å². The van der Waals surface area contributed by atoms with Crippen molar-refractivity contribution in [1.29, 1.82) is 10.7 Å². The highest BCUT2D eigenvalue weighted by Crippen LogP contribution is 2.14. The van der Waals surface area contributed by atoms with E-state index in [1.165, 1.54) is 6.08 Å². The molecule has 0 aromatic heterocycles. The van der Waals surface area contributed by atoms with Gasteiger partial charge >= 0.3 is 0 Å². The number of nitrogens with zero attached hydrogens (tertiary/aromatic N) is 1. The number of hydrogen-bond acceptors (Lipinski definition) is 5. The fourth-order valence-electron chi connectivity index (χ4n) is 1.09. The van der Waals surface area contributed by atoms with Gasteiger partial charge in [0.05, 0.1) is 5.57 Å². The number of nitrogen functional groups attached to an aromatic ring is 1. The predicted molar refractivity (Wildman–Crippen MR) is 82.6 cm³/mol. The third-order valence-electron chi connectivity index (χ3n) is 2.42. The Bertz CT molecular complexity index is 527. The molecule has 0 aliphatic heterocycles. The summed E-state index contributed by atoms with van der Waals surface area (Å²) >= 11 is 0. The third-order valence-corrected chi connectivity index (χ3v) is 2.42. The average molecular weight is 272 g/mol. The lowest BCUT2D eigenvalue weighted by Gasteiger charge is -2.00. The van der Waals surface area contributed by atoms with Crippen LogP contribution in [0.1, 0.15) is 25.0 Å². The molecule has 5 heteroatoms. The maximum absolute atomic E-state index is 10.4. The van der Waals surface area contributed by atoms with Crippen LogP contribution in [0, 0.1) is 16.7 Å². The minimum Gasteiger partial charge on any atom is -0.398 e. The van der Waals surface area contributed by atoms with E-state index in [1.807, 2.05) is 7.05 Å². The minimum atomic E-state index is 0.0389. The lowest BCUT2D eigenvalue weighted by molar-refractivity contribution is -0.104. The van der Waals surface area contributed by atoms with Gasteiger partial charge in [0.1, 0.15) is 6.07 Å². The topological polar surface area (TPSA) is 103 Å². The molecule has 1 aromatic carbocycles. The number of anilines is 1. The molecule has 1 rings (SSSR count). The summed E-state index contributed by atoms with van der Waals surface area (Å²) in [6.07, 6.45) is 3.07. The number of nitrogens with two attached hydrogens (primary N) is 1. The number of nitrogens with one attached hydrogen (secondary N) is 2. The van der Waals surface area contributed by atoms with E-state index in [9.17, 15) is 4.79 Å². The molecule has 0 spiro atoms. The Kier molecular flexibility index (Phi) is 8.32. The molecule has 0 bridgehead atoms. The van der Waals surface area contributed by atoms with Crippen LogP contribution in [0.5, 0.6) is 0 Å². The first-order valence-corrected chi connectivity index (χ1v) is 6.12. The van der Waals surface area contributed by atoms with Crippen LogP contribution >= 0.6 is 0 Å². The Morgan fingerprint density at radius 2 is 2.10 bits per heavy atom. The Labute approximate surface area is 119 Å². The average Bonchev–Trinajstić information content (AvgIpc) is 2.45. The van der Waals surface area contributed by atoms with E-state index in [-0.39, 0.29) is 5.57 Å². The molecule has 106 valence electrons. The number of allylic oxidation sites excluding steroid dienone is 1. The van der Waals surface area contributed by atoms with Crippen molar-refractivity contribution in [2.75, 3.05) is 12.8 Å².